The first-order valence-electron chi connectivity index (χ1n) is 7.03. The number of rotatable bonds is 1. The molecule has 1 aromatic heterocycles. The van der Waals surface area contributed by atoms with Gasteiger partial charge in [-0.1, -0.05) is 29.3 Å². The summed E-state index contributed by atoms with van der Waals surface area (Å²) in [5, 5.41) is 1.32. The summed E-state index contributed by atoms with van der Waals surface area (Å²) in [6.45, 7) is 6.50. The van der Waals surface area contributed by atoms with Gasteiger partial charge < -0.3 is 0 Å². The van der Waals surface area contributed by atoms with Crippen molar-refractivity contribution in [3.8, 4) is 11.3 Å². The van der Waals surface area contributed by atoms with E-state index < -0.39 is 0 Å². The molecule has 1 heteroatoms. The first-order chi connectivity index (χ1) is 9.56. The summed E-state index contributed by atoms with van der Waals surface area (Å²) in [6.07, 6.45) is 0. The van der Waals surface area contributed by atoms with E-state index in [1.807, 2.05) is 0 Å². The molecule has 0 aliphatic heterocycles. The molecule has 0 atom stereocenters. The van der Waals surface area contributed by atoms with Crippen LogP contribution < -0.4 is 4.57 Å². The molecule has 2 aromatic carbocycles. The van der Waals surface area contributed by atoms with Gasteiger partial charge in [-0.05, 0) is 44.5 Å². The summed E-state index contributed by atoms with van der Waals surface area (Å²) in [5.74, 6) is 0. The van der Waals surface area contributed by atoms with Gasteiger partial charge in [0.25, 0.3) is 0 Å². The molecule has 0 fully saturated rings. The van der Waals surface area contributed by atoms with Crippen LogP contribution in [0.15, 0.2) is 48.5 Å². The minimum absolute atomic E-state index is 1.27. The highest BCUT2D eigenvalue weighted by atomic mass is 14.9. The Morgan fingerprint density at radius 2 is 1.45 bits per heavy atom. The van der Waals surface area contributed by atoms with Crippen LogP contribution in [0.4, 0.5) is 0 Å². The van der Waals surface area contributed by atoms with Gasteiger partial charge in [0.1, 0.15) is 7.05 Å². The number of benzene rings is 2. The van der Waals surface area contributed by atoms with Crippen molar-refractivity contribution in [1.29, 1.82) is 0 Å². The van der Waals surface area contributed by atoms with Crippen LogP contribution in [-0.2, 0) is 7.05 Å². The van der Waals surface area contributed by atoms with E-state index in [4.69, 9.17) is 0 Å². The lowest BCUT2D eigenvalue weighted by Gasteiger charge is -2.08. The summed E-state index contributed by atoms with van der Waals surface area (Å²) >= 11 is 0. The molecule has 1 nitrogen and oxygen atoms in total. The summed E-state index contributed by atoms with van der Waals surface area (Å²) < 4.78 is 2.29. The zero-order valence-corrected chi connectivity index (χ0v) is 12.6. The average Bonchev–Trinajstić information content (AvgIpc) is 2.42. The lowest BCUT2D eigenvalue weighted by atomic mass is 10.0. The standard InChI is InChI=1S/C19H20N/c1-13-9-14(2)11-16(10-13)19-12-15(3)17-7-5-6-8-18(17)20(19)4/h5-12H,1-4H3/q+1. The van der Waals surface area contributed by atoms with Gasteiger partial charge in [-0.3, -0.25) is 0 Å². The minimum Gasteiger partial charge on any atom is -0.194 e. The number of para-hydroxylation sites is 1. The van der Waals surface area contributed by atoms with Crippen LogP contribution in [-0.4, -0.2) is 0 Å². The summed E-state index contributed by atoms with van der Waals surface area (Å²) in [5.41, 5.74) is 7.79. The number of hydrogen-bond acceptors (Lipinski definition) is 0. The molecule has 0 unspecified atom stereocenters. The molecule has 0 spiro atoms. The van der Waals surface area contributed by atoms with Gasteiger partial charge >= 0.3 is 0 Å². The highest BCUT2D eigenvalue weighted by molar-refractivity contribution is 5.81. The molecule has 3 aromatic rings. The third-order valence-corrected chi connectivity index (χ3v) is 3.92. The molecular formula is C19H20N+. The molecule has 0 aliphatic rings. The fourth-order valence-corrected chi connectivity index (χ4v) is 3.01. The van der Waals surface area contributed by atoms with Crippen molar-refractivity contribution in [2.24, 2.45) is 7.05 Å². The lowest BCUT2D eigenvalue weighted by molar-refractivity contribution is -0.633. The Labute approximate surface area is 120 Å². The van der Waals surface area contributed by atoms with Crippen LogP contribution in [0.2, 0.25) is 0 Å². The van der Waals surface area contributed by atoms with Gasteiger partial charge in [-0.15, -0.1) is 0 Å². The van der Waals surface area contributed by atoms with Crippen LogP contribution in [0.5, 0.6) is 0 Å². The Hall–Kier alpha value is -2.15. The highest BCUT2D eigenvalue weighted by Gasteiger charge is 2.16. The molecule has 20 heavy (non-hydrogen) atoms. The van der Waals surface area contributed by atoms with Gasteiger partial charge in [0.2, 0.25) is 11.2 Å². The Balaban J connectivity index is 2.34. The fourth-order valence-electron chi connectivity index (χ4n) is 3.01. The Bertz CT molecular complexity index is 780. The smallest absolute Gasteiger partial charge is 0.194 e. The summed E-state index contributed by atoms with van der Waals surface area (Å²) in [6, 6.07) is 17.6. The number of pyridine rings is 1. The number of nitrogens with zero attached hydrogens (tertiary/aromatic N) is 1. The van der Waals surface area contributed by atoms with Gasteiger partial charge in [-0.2, -0.15) is 4.57 Å². The number of hydrogen-bond donors (Lipinski definition) is 0. The first kappa shape index (κ1) is 12.9. The predicted molar refractivity (Wildman–Crippen MR) is 84.8 cm³/mol. The second kappa shape index (κ2) is 4.75. The zero-order valence-electron chi connectivity index (χ0n) is 12.6. The number of aryl methyl sites for hydroxylation is 4. The zero-order chi connectivity index (χ0) is 14.3. The van der Waals surface area contributed by atoms with Crippen molar-refractivity contribution in [3.05, 3.63) is 65.2 Å². The van der Waals surface area contributed by atoms with Gasteiger partial charge in [-0.25, -0.2) is 0 Å². The second-order valence-corrected chi connectivity index (χ2v) is 5.67. The maximum atomic E-state index is 2.29. The third-order valence-electron chi connectivity index (χ3n) is 3.92. The lowest BCUT2D eigenvalue weighted by Crippen LogP contribution is -2.32. The van der Waals surface area contributed by atoms with Crippen molar-refractivity contribution >= 4 is 10.9 Å². The third kappa shape index (κ3) is 2.09. The molecule has 3 rings (SSSR count). The second-order valence-electron chi connectivity index (χ2n) is 5.67. The molecular weight excluding hydrogens is 242 g/mol. The SMILES string of the molecule is Cc1cc(C)cc(-c2cc(C)c3ccccc3[n+]2C)c1. The normalized spacial score (nSPS) is 11.0. The molecule has 0 amide bonds. The molecule has 0 saturated carbocycles. The van der Waals surface area contributed by atoms with Crippen LogP contribution in [0, 0.1) is 20.8 Å². The monoisotopic (exact) mass is 262 g/mol. The van der Waals surface area contributed by atoms with Crippen LogP contribution in [0.1, 0.15) is 16.7 Å². The molecule has 1 heterocycles. The average molecular weight is 262 g/mol. The Morgan fingerprint density at radius 3 is 2.15 bits per heavy atom. The van der Waals surface area contributed by atoms with E-state index >= 15 is 0 Å². The van der Waals surface area contributed by atoms with E-state index in [9.17, 15) is 0 Å². The molecule has 0 saturated heterocycles. The Kier molecular flexibility index (Phi) is 3.06. The maximum Gasteiger partial charge on any atom is 0.213 e. The largest absolute Gasteiger partial charge is 0.213 e. The predicted octanol–water partition coefficient (Wildman–Crippen LogP) is 4.26. The van der Waals surface area contributed by atoms with Crippen LogP contribution >= 0.6 is 0 Å². The van der Waals surface area contributed by atoms with Crippen LogP contribution in [0.25, 0.3) is 22.2 Å². The number of aromatic nitrogens is 1. The van der Waals surface area contributed by atoms with Crippen molar-refractivity contribution in [2.75, 3.05) is 0 Å². The van der Waals surface area contributed by atoms with Gasteiger partial charge in [0, 0.05) is 23.1 Å². The van der Waals surface area contributed by atoms with E-state index in [-0.39, 0.29) is 0 Å². The van der Waals surface area contributed by atoms with Crippen molar-refractivity contribution in [3.63, 3.8) is 0 Å². The molecule has 100 valence electrons. The van der Waals surface area contributed by atoms with E-state index in [1.54, 1.807) is 0 Å². The van der Waals surface area contributed by atoms with E-state index in [2.05, 4.69) is 80.9 Å². The quantitative estimate of drug-likeness (QED) is 0.577. The van der Waals surface area contributed by atoms with Gasteiger partial charge in [0.05, 0.1) is 0 Å². The summed E-state index contributed by atoms with van der Waals surface area (Å²) in [4.78, 5) is 0. The van der Waals surface area contributed by atoms with Gasteiger partial charge in [0.15, 0.2) is 0 Å². The summed E-state index contributed by atoms with van der Waals surface area (Å²) in [7, 11) is 2.15. The number of fused-ring (bicyclic) bond motifs is 1. The highest BCUT2D eigenvalue weighted by Crippen LogP contribution is 2.24. The fraction of sp³-hybridized carbons (Fsp3) is 0.211. The Morgan fingerprint density at radius 1 is 0.800 bits per heavy atom. The van der Waals surface area contributed by atoms with Crippen LogP contribution in [0.3, 0.4) is 0 Å². The molecule has 0 aliphatic carbocycles. The van der Waals surface area contributed by atoms with E-state index in [0.717, 1.165) is 0 Å². The molecule has 0 bridgehead atoms. The first-order valence-corrected chi connectivity index (χ1v) is 7.03. The van der Waals surface area contributed by atoms with E-state index in [0.29, 0.717) is 0 Å². The van der Waals surface area contributed by atoms with E-state index in [1.165, 1.54) is 38.9 Å². The molecule has 0 N–H and O–H groups in total. The topological polar surface area (TPSA) is 3.88 Å². The minimum atomic E-state index is 1.27. The maximum absolute atomic E-state index is 2.29. The van der Waals surface area contributed by atoms with Crippen molar-refractivity contribution in [1.82, 2.24) is 0 Å². The molecule has 0 radical (unpaired) electrons. The van der Waals surface area contributed by atoms with Crippen molar-refractivity contribution < 1.29 is 4.57 Å². The van der Waals surface area contributed by atoms with Crippen molar-refractivity contribution in [2.45, 2.75) is 20.8 Å².